The van der Waals surface area contributed by atoms with Gasteiger partial charge in [0.2, 0.25) is 11.8 Å². The Hall–Kier alpha value is -2.74. The van der Waals surface area contributed by atoms with Crippen LogP contribution in [0.4, 0.5) is 5.69 Å². The lowest BCUT2D eigenvalue weighted by atomic mass is 9.96. The van der Waals surface area contributed by atoms with Crippen molar-refractivity contribution in [1.82, 2.24) is 15.1 Å². The molecule has 2 heterocycles. The number of rotatable bonds is 8. The van der Waals surface area contributed by atoms with Crippen molar-refractivity contribution in [3.63, 3.8) is 0 Å². The standard InChI is InChI=1S/C20H24N4O3S/c1-20(2,3)19-23-18(27-24-19)10-6-9-17(25)22-15-7-4-5-8-16(15)26-11-14-12-28-13-21-14/h4-5,7-8,12-13H,6,9-11H2,1-3H3,(H,22,25). The Morgan fingerprint density at radius 1 is 1.29 bits per heavy atom. The quantitative estimate of drug-likeness (QED) is 0.604. The molecule has 0 unspecified atom stereocenters. The van der Waals surface area contributed by atoms with Gasteiger partial charge < -0.3 is 14.6 Å². The average molecular weight is 401 g/mol. The molecule has 0 bridgehead atoms. The van der Waals surface area contributed by atoms with E-state index < -0.39 is 0 Å². The van der Waals surface area contributed by atoms with Crippen LogP contribution in [0.5, 0.6) is 5.75 Å². The largest absolute Gasteiger partial charge is 0.485 e. The fourth-order valence-electron chi connectivity index (χ4n) is 2.43. The van der Waals surface area contributed by atoms with Crippen molar-refractivity contribution in [3.05, 3.63) is 52.6 Å². The van der Waals surface area contributed by atoms with Gasteiger partial charge in [0.15, 0.2) is 5.82 Å². The van der Waals surface area contributed by atoms with E-state index >= 15 is 0 Å². The van der Waals surface area contributed by atoms with E-state index in [1.807, 2.05) is 50.4 Å². The van der Waals surface area contributed by atoms with Crippen molar-refractivity contribution in [2.75, 3.05) is 5.32 Å². The zero-order chi connectivity index (χ0) is 20.0. The third kappa shape index (κ3) is 5.63. The van der Waals surface area contributed by atoms with E-state index in [0.717, 1.165) is 5.69 Å². The second-order valence-electron chi connectivity index (χ2n) is 7.43. The first-order valence-corrected chi connectivity index (χ1v) is 10.1. The summed E-state index contributed by atoms with van der Waals surface area (Å²) in [5.41, 5.74) is 3.12. The normalized spacial score (nSPS) is 11.4. The topological polar surface area (TPSA) is 90.1 Å². The molecule has 1 N–H and O–H groups in total. The van der Waals surface area contributed by atoms with Gasteiger partial charge in [0.05, 0.1) is 16.9 Å². The number of aryl methyl sites for hydroxylation is 1. The number of amides is 1. The zero-order valence-corrected chi connectivity index (χ0v) is 17.1. The van der Waals surface area contributed by atoms with Gasteiger partial charge in [0.25, 0.3) is 0 Å². The molecule has 1 aromatic carbocycles. The van der Waals surface area contributed by atoms with Crippen LogP contribution in [0.15, 0.2) is 39.7 Å². The summed E-state index contributed by atoms with van der Waals surface area (Å²) in [7, 11) is 0. The number of para-hydroxylation sites is 2. The highest BCUT2D eigenvalue weighted by Crippen LogP contribution is 2.25. The maximum Gasteiger partial charge on any atom is 0.226 e. The minimum Gasteiger partial charge on any atom is -0.485 e. The van der Waals surface area contributed by atoms with E-state index in [-0.39, 0.29) is 11.3 Å². The molecule has 0 atom stereocenters. The second kappa shape index (κ2) is 8.97. The first kappa shape index (κ1) is 20.0. The number of thiazole rings is 1. The van der Waals surface area contributed by atoms with Crippen LogP contribution in [0.1, 0.15) is 51.0 Å². The van der Waals surface area contributed by atoms with Crippen molar-refractivity contribution in [2.24, 2.45) is 0 Å². The number of nitrogens with zero attached hydrogens (tertiary/aromatic N) is 3. The number of carbonyl (C=O) groups is 1. The van der Waals surface area contributed by atoms with Crippen LogP contribution in [0.25, 0.3) is 0 Å². The molecule has 1 amide bonds. The summed E-state index contributed by atoms with van der Waals surface area (Å²) in [6, 6.07) is 7.38. The lowest BCUT2D eigenvalue weighted by molar-refractivity contribution is -0.116. The number of carbonyl (C=O) groups excluding carboxylic acids is 1. The number of benzene rings is 1. The number of ether oxygens (including phenoxy) is 1. The number of nitrogens with one attached hydrogen (secondary N) is 1. The molecule has 0 aliphatic heterocycles. The highest BCUT2D eigenvalue weighted by atomic mass is 32.1. The molecule has 2 aromatic heterocycles. The van der Waals surface area contributed by atoms with E-state index in [0.29, 0.717) is 49.0 Å². The summed E-state index contributed by atoms with van der Waals surface area (Å²) < 4.78 is 11.0. The molecular formula is C20H24N4O3S. The Labute approximate surface area is 168 Å². The molecule has 0 saturated heterocycles. The van der Waals surface area contributed by atoms with Crippen molar-refractivity contribution in [2.45, 2.75) is 52.1 Å². The summed E-state index contributed by atoms with van der Waals surface area (Å²) in [5, 5.41) is 8.84. The highest BCUT2D eigenvalue weighted by Gasteiger charge is 2.20. The van der Waals surface area contributed by atoms with E-state index in [1.54, 1.807) is 5.51 Å². The molecule has 3 rings (SSSR count). The Kier molecular flexibility index (Phi) is 6.41. The molecule has 0 radical (unpaired) electrons. The fourth-order valence-corrected chi connectivity index (χ4v) is 2.97. The van der Waals surface area contributed by atoms with Gasteiger partial charge in [-0.15, -0.1) is 11.3 Å². The van der Waals surface area contributed by atoms with Crippen LogP contribution in [0.2, 0.25) is 0 Å². The number of anilines is 1. The fraction of sp³-hybridized carbons (Fsp3) is 0.400. The third-order valence-electron chi connectivity index (χ3n) is 3.95. The van der Waals surface area contributed by atoms with Gasteiger partial charge in [-0.3, -0.25) is 4.79 Å². The van der Waals surface area contributed by atoms with Gasteiger partial charge in [0, 0.05) is 23.6 Å². The number of hydrogen-bond acceptors (Lipinski definition) is 7. The van der Waals surface area contributed by atoms with Crippen molar-refractivity contribution >= 4 is 22.9 Å². The van der Waals surface area contributed by atoms with Gasteiger partial charge in [-0.2, -0.15) is 4.98 Å². The van der Waals surface area contributed by atoms with E-state index in [4.69, 9.17) is 9.26 Å². The first-order valence-electron chi connectivity index (χ1n) is 9.13. The van der Waals surface area contributed by atoms with Gasteiger partial charge in [-0.05, 0) is 18.6 Å². The van der Waals surface area contributed by atoms with Gasteiger partial charge in [-0.1, -0.05) is 38.1 Å². The monoisotopic (exact) mass is 400 g/mol. The summed E-state index contributed by atoms with van der Waals surface area (Å²) >= 11 is 1.52. The molecule has 0 aliphatic rings. The molecule has 148 valence electrons. The van der Waals surface area contributed by atoms with E-state index in [9.17, 15) is 4.79 Å². The first-order chi connectivity index (χ1) is 13.4. The minimum absolute atomic E-state index is 0.0831. The SMILES string of the molecule is CC(C)(C)c1noc(CCCC(=O)Nc2ccccc2OCc2cscn2)n1. The molecule has 8 heteroatoms. The van der Waals surface area contributed by atoms with Crippen LogP contribution in [0, 0.1) is 0 Å². The van der Waals surface area contributed by atoms with Crippen LogP contribution >= 0.6 is 11.3 Å². The maximum absolute atomic E-state index is 12.3. The molecule has 28 heavy (non-hydrogen) atoms. The Morgan fingerprint density at radius 3 is 2.82 bits per heavy atom. The molecule has 0 fully saturated rings. The minimum atomic E-state index is -0.151. The Morgan fingerprint density at radius 2 is 2.11 bits per heavy atom. The number of aromatic nitrogens is 3. The second-order valence-corrected chi connectivity index (χ2v) is 8.15. The Bertz CT molecular complexity index is 900. The zero-order valence-electron chi connectivity index (χ0n) is 16.3. The molecular weight excluding hydrogens is 376 g/mol. The van der Waals surface area contributed by atoms with E-state index in [1.165, 1.54) is 11.3 Å². The van der Waals surface area contributed by atoms with Crippen LogP contribution in [-0.2, 0) is 23.2 Å². The lowest BCUT2D eigenvalue weighted by Crippen LogP contribution is -2.13. The van der Waals surface area contributed by atoms with Crippen LogP contribution in [-0.4, -0.2) is 21.0 Å². The third-order valence-corrected chi connectivity index (χ3v) is 4.59. The summed E-state index contributed by atoms with van der Waals surface area (Å²) in [4.78, 5) is 20.9. The van der Waals surface area contributed by atoms with E-state index in [2.05, 4.69) is 20.4 Å². The van der Waals surface area contributed by atoms with Gasteiger partial charge in [0.1, 0.15) is 12.4 Å². The maximum atomic E-state index is 12.3. The van der Waals surface area contributed by atoms with Crippen molar-refractivity contribution in [1.29, 1.82) is 0 Å². The highest BCUT2D eigenvalue weighted by molar-refractivity contribution is 7.07. The smallest absolute Gasteiger partial charge is 0.226 e. The van der Waals surface area contributed by atoms with Crippen molar-refractivity contribution < 1.29 is 14.1 Å². The average Bonchev–Trinajstić information content (AvgIpc) is 3.32. The molecule has 7 nitrogen and oxygen atoms in total. The summed E-state index contributed by atoms with van der Waals surface area (Å²) in [6.07, 6.45) is 1.55. The number of hydrogen-bond donors (Lipinski definition) is 1. The van der Waals surface area contributed by atoms with Crippen LogP contribution < -0.4 is 10.1 Å². The molecule has 3 aromatic rings. The molecule has 0 saturated carbocycles. The summed E-state index contributed by atoms with van der Waals surface area (Å²) in [5.74, 6) is 1.78. The summed E-state index contributed by atoms with van der Waals surface area (Å²) in [6.45, 7) is 6.46. The lowest BCUT2D eigenvalue weighted by Gasteiger charge is -2.11. The molecule has 0 aliphatic carbocycles. The van der Waals surface area contributed by atoms with Gasteiger partial charge in [-0.25, -0.2) is 4.98 Å². The van der Waals surface area contributed by atoms with Crippen LogP contribution in [0.3, 0.4) is 0 Å². The predicted molar refractivity (Wildman–Crippen MR) is 107 cm³/mol. The van der Waals surface area contributed by atoms with Gasteiger partial charge >= 0.3 is 0 Å². The Balaban J connectivity index is 1.49. The van der Waals surface area contributed by atoms with Crippen molar-refractivity contribution in [3.8, 4) is 5.75 Å². The molecule has 0 spiro atoms. The predicted octanol–water partition coefficient (Wildman–Crippen LogP) is 4.36.